The Morgan fingerprint density at radius 3 is 1.39 bits per heavy atom. The van der Waals surface area contributed by atoms with Gasteiger partial charge in [0.1, 0.15) is 0 Å². The third-order valence-corrected chi connectivity index (χ3v) is 2.59. The molecule has 94 valence electrons. The van der Waals surface area contributed by atoms with Crippen LogP contribution in [0.3, 0.4) is 0 Å². The van der Waals surface area contributed by atoms with Gasteiger partial charge in [-0.2, -0.15) is 19.6 Å². The molecule has 0 bridgehead atoms. The Kier molecular flexibility index (Phi) is 2.86. The summed E-state index contributed by atoms with van der Waals surface area (Å²) in [6.07, 6.45) is 0. The van der Waals surface area contributed by atoms with Crippen molar-refractivity contribution < 1.29 is 9.59 Å². The number of aromatic nitrogens is 4. The summed E-state index contributed by atoms with van der Waals surface area (Å²) in [6.45, 7) is 6.99. The van der Waals surface area contributed by atoms with Gasteiger partial charge < -0.3 is 0 Å². The zero-order valence-electron chi connectivity index (χ0n) is 10.8. The van der Waals surface area contributed by atoms with Crippen molar-refractivity contribution in [2.24, 2.45) is 0 Å². The first-order valence-corrected chi connectivity index (χ1v) is 5.55. The van der Waals surface area contributed by atoms with Crippen molar-refractivity contribution in [1.82, 2.24) is 19.6 Å². The first kappa shape index (κ1) is 12.2. The lowest BCUT2D eigenvalue weighted by Crippen LogP contribution is -2.30. The van der Waals surface area contributed by atoms with Gasteiger partial charge in [0, 0.05) is 11.4 Å². The van der Waals surface area contributed by atoms with Gasteiger partial charge in [0.2, 0.25) is 0 Å². The van der Waals surface area contributed by atoms with E-state index < -0.39 is 11.8 Å². The molecule has 2 aromatic rings. The van der Waals surface area contributed by atoms with E-state index in [0.717, 1.165) is 9.36 Å². The van der Waals surface area contributed by atoms with Crippen LogP contribution in [0.15, 0.2) is 12.1 Å². The number of aryl methyl sites for hydroxylation is 4. The maximum Gasteiger partial charge on any atom is 0.338 e. The van der Waals surface area contributed by atoms with Crippen LogP contribution in [-0.4, -0.2) is 31.4 Å². The van der Waals surface area contributed by atoms with Crippen molar-refractivity contribution in [1.29, 1.82) is 0 Å². The summed E-state index contributed by atoms with van der Waals surface area (Å²) >= 11 is 0. The third kappa shape index (κ3) is 1.97. The molecule has 0 aliphatic carbocycles. The molecule has 0 N–H and O–H groups in total. The van der Waals surface area contributed by atoms with E-state index in [0.29, 0.717) is 22.8 Å². The van der Waals surface area contributed by atoms with E-state index in [4.69, 9.17) is 0 Å². The second kappa shape index (κ2) is 4.21. The maximum atomic E-state index is 12.0. The van der Waals surface area contributed by atoms with Crippen LogP contribution in [0.2, 0.25) is 0 Å². The Balaban J connectivity index is 2.38. The minimum Gasteiger partial charge on any atom is -0.261 e. The minimum absolute atomic E-state index is 0.632. The monoisotopic (exact) mass is 246 g/mol. The maximum absolute atomic E-state index is 12.0. The fourth-order valence-electron chi connectivity index (χ4n) is 1.85. The molecule has 0 aliphatic heterocycles. The summed E-state index contributed by atoms with van der Waals surface area (Å²) in [7, 11) is 0. The van der Waals surface area contributed by atoms with Gasteiger partial charge in [-0.3, -0.25) is 9.59 Å². The predicted octanol–water partition coefficient (Wildman–Crippen LogP) is 1.29. The second-order valence-electron chi connectivity index (χ2n) is 4.29. The summed E-state index contributed by atoms with van der Waals surface area (Å²) in [6, 6.07) is 3.48. The average molecular weight is 246 g/mol. The predicted molar refractivity (Wildman–Crippen MR) is 64.7 cm³/mol. The quantitative estimate of drug-likeness (QED) is 0.657. The van der Waals surface area contributed by atoms with Crippen molar-refractivity contribution in [2.45, 2.75) is 27.7 Å². The molecule has 0 atom stereocenters. The highest BCUT2D eigenvalue weighted by atomic mass is 16.2. The van der Waals surface area contributed by atoms with Crippen LogP contribution in [0.4, 0.5) is 0 Å². The SMILES string of the molecule is Cc1cc(C)n(C(=O)C(=O)n2nc(C)cc2C)n1. The molecule has 2 rings (SSSR count). The molecular weight excluding hydrogens is 232 g/mol. The molecule has 2 heterocycles. The summed E-state index contributed by atoms with van der Waals surface area (Å²) in [5.41, 5.74) is 2.66. The smallest absolute Gasteiger partial charge is 0.261 e. The number of hydrogen-bond acceptors (Lipinski definition) is 4. The van der Waals surface area contributed by atoms with Crippen LogP contribution >= 0.6 is 0 Å². The fourth-order valence-corrected chi connectivity index (χ4v) is 1.85. The minimum atomic E-state index is -0.702. The molecule has 0 saturated heterocycles. The van der Waals surface area contributed by atoms with Crippen LogP contribution < -0.4 is 0 Å². The number of nitrogens with zero attached hydrogens (tertiary/aromatic N) is 4. The molecule has 0 aliphatic rings. The standard InChI is InChI=1S/C12H14N4O2/c1-7-5-9(3)15(13-7)11(17)12(18)16-10(4)6-8(2)14-16/h5-6H,1-4H3. The third-order valence-electron chi connectivity index (χ3n) is 2.59. The van der Waals surface area contributed by atoms with E-state index in [1.54, 1.807) is 39.8 Å². The van der Waals surface area contributed by atoms with Gasteiger partial charge in [-0.15, -0.1) is 0 Å². The van der Waals surface area contributed by atoms with E-state index in [-0.39, 0.29) is 0 Å². The van der Waals surface area contributed by atoms with E-state index in [1.165, 1.54) is 0 Å². The highest BCUT2D eigenvalue weighted by Gasteiger charge is 2.23. The molecule has 0 radical (unpaired) electrons. The summed E-state index contributed by atoms with van der Waals surface area (Å²) in [5, 5.41) is 8.00. The Hall–Kier alpha value is -2.24. The zero-order chi connectivity index (χ0) is 13.4. The molecule has 0 saturated carbocycles. The second-order valence-corrected chi connectivity index (χ2v) is 4.29. The number of hydrogen-bond donors (Lipinski definition) is 0. The largest absolute Gasteiger partial charge is 0.338 e. The number of rotatable bonds is 0. The molecule has 6 heteroatoms. The Morgan fingerprint density at radius 1 is 0.833 bits per heavy atom. The van der Waals surface area contributed by atoms with Crippen LogP contribution in [-0.2, 0) is 0 Å². The molecular formula is C12H14N4O2. The summed E-state index contributed by atoms with van der Waals surface area (Å²) in [5.74, 6) is -1.40. The van der Waals surface area contributed by atoms with Crippen LogP contribution in [0.5, 0.6) is 0 Å². The van der Waals surface area contributed by atoms with E-state index >= 15 is 0 Å². The van der Waals surface area contributed by atoms with Crippen molar-refractivity contribution in [3.8, 4) is 0 Å². The fraction of sp³-hybridized carbons (Fsp3) is 0.333. The Labute approximate surface area is 104 Å². The molecule has 0 fully saturated rings. The number of carbonyl (C=O) groups is 2. The number of carbonyl (C=O) groups excluding carboxylic acids is 2. The van der Waals surface area contributed by atoms with E-state index in [9.17, 15) is 9.59 Å². The molecule has 6 nitrogen and oxygen atoms in total. The highest BCUT2D eigenvalue weighted by molar-refractivity contribution is 6.36. The molecule has 0 unspecified atom stereocenters. The van der Waals surface area contributed by atoms with Crippen molar-refractivity contribution in [2.75, 3.05) is 0 Å². The molecule has 0 amide bonds. The van der Waals surface area contributed by atoms with Gasteiger partial charge in [0.25, 0.3) is 0 Å². The lowest BCUT2D eigenvalue weighted by Gasteiger charge is -2.03. The molecule has 0 aromatic carbocycles. The lowest BCUT2D eigenvalue weighted by molar-refractivity contribution is 0.0693. The molecule has 0 spiro atoms. The average Bonchev–Trinajstić information content (AvgIpc) is 2.79. The van der Waals surface area contributed by atoms with Gasteiger partial charge in [0.15, 0.2) is 0 Å². The Morgan fingerprint density at radius 2 is 1.17 bits per heavy atom. The lowest BCUT2D eigenvalue weighted by atomic mass is 10.4. The van der Waals surface area contributed by atoms with Crippen LogP contribution in [0, 0.1) is 27.7 Å². The normalized spacial score (nSPS) is 10.7. The van der Waals surface area contributed by atoms with E-state index in [1.807, 2.05) is 0 Å². The van der Waals surface area contributed by atoms with Gasteiger partial charge >= 0.3 is 11.8 Å². The van der Waals surface area contributed by atoms with Gasteiger partial charge in [-0.05, 0) is 39.8 Å². The van der Waals surface area contributed by atoms with Crippen LogP contribution in [0.1, 0.15) is 32.4 Å². The van der Waals surface area contributed by atoms with E-state index in [2.05, 4.69) is 10.2 Å². The Bertz CT molecular complexity index is 580. The van der Waals surface area contributed by atoms with Crippen molar-refractivity contribution in [3.63, 3.8) is 0 Å². The van der Waals surface area contributed by atoms with Gasteiger partial charge in [0.05, 0.1) is 11.4 Å². The van der Waals surface area contributed by atoms with Crippen LogP contribution in [0.25, 0.3) is 0 Å². The topological polar surface area (TPSA) is 69.8 Å². The summed E-state index contributed by atoms with van der Waals surface area (Å²) < 4.78 is 2.21. The zero-order valence-corrected chi connectivity index (χ0v) is 10.8. The van der Waals surface area contributed by atoms with Crippen molar-refractivity contribution in [3.05, 3.63) is 34.9 Å². The first-order chi connectivity index (χ1) is 8.40. The first-order valence-electron chi connectivity index (χ1n) is 5.55. The van der Waals surface area contributed by atoms with Gasteiger partial charge in [-0.1, -0.05) is 0 Å². The molecule has 18 heavy (non-hydrogen) atoms. The molecule has 2 aromatic heterocycles. The summed E-state index contributed by atoms with van der Waals surface area (Å²) in [4.78, 5) is 24.1. The highest BCUT2D eigenvalue weighted by Crippen LogP contribution is 2.05. The van der Waals surface area contributed by atoms with Gasteiger partial charge in [-0.25, -0.2) is 0 Å². The van der Waals surface area contributed by atoms with Crippen molar-refractivity contribution >= 4 is 11.8 Å².